The maximum Gasteiger partial charge on any atom is 0.273 e. The number of nitrogens with two attached hydrogens (primary N) is 2. The number of amides is 1. The fourth-order valence-electron chi connectivity index (χ4n) is 3.23. The molecule has 0 saturated heterocycles. The highest BCUT2D eigenvalue weighted by molar-refractivity contribution is 7.98. The highest BCUT2D eigenvalue weighted by atomic mass is 35.5. The van der Waals surface area contributed by atoms with E-state index < -0.39 is 15.6 Å². The number of nitrogen functional groups attached to an aromatic ring is 2. The van der Waals surface area contributed by atoms with Gasteiger partial charge in [0.05, 0.1) is 55.9 Å². The molecular weight excluding hydrogens is 504 g/mol. The molecule has 6 N–H and O–H groups in total. The fraction of sp³-hybridized carbons (Fsp3) is 0.435. The number of hydrogen-bond donors (Lipinski definition) is 4. The predicted octanol–water partition coefficient (Wildman–Crippen LogP) is 1.45. The van der Waals surface area contributed by atoms with E-state index in [1.165, 1.54) is 0 Å². The highest BCUT2D eigenvalue weighted by Crippen LogP contribution is 2.18. The van der Waals surface area contributed by atoms with Crippen molar-refractivity contribution in [2.45, 2.75) is 24.2 Å². The van der Waals surface area contributed by atoms with E-state index in [0.717, 1.165) is 19.4 Å². The molecule has 0 fully saturated rings. The van der Waals surface area contributed by atoms with Gasteiger partial charge in [-0.1, -0.05) is 11.6 Å². The Balaban J connectivity index is 1.71. The molecule has 1 aromatic carbocycles. The molecule has 0 bridgehead atoms. The second-order valence-corrected chi connectivity index (χ2v) is 11.2. The number of hydrogen-bond acceptors (Lipinski definition) is 8. The number of anilines is 2. The molecule has 2 aromatic rings. The van der Waals surface area contributed by atoms with Gasteiger partial charge in [0, 0.05) is 11.4 Å². The van der Waals surface area contributed by atoms with Crippen LogP contribution in [0.3, 0.4) is 0 Å². The summed E-state index contributed by atoms with van der Waals surface area (Å²) >= 11 is 5.83. The number of carbonyl (C=O) groups excluding carboxylic acids is 1. The largest absolute Gasteiger partial charge is 0.493 e. The van der Waals surface area contributed by atoms with E-state index >= 15 is 0 Å². The molecule has 196 valence electrons. The van der Waals surface area contributed by atoms with Crippen LogP contribution < -0.4 is 26.2 Å². The number of benzene rings is 1. The summed E-state index contributed by atoms with van der Waals surface area (Å²) in [5.74, 6) is 3.91. The van der Waals surface area contributed by atoms with Gasteiger partial charge in [-0.15, -0.1) is 0 Å². The molecule has 1 amide bonds. The van der Waals surface area contributed by atoms with E-state index in [9.17, 15) is 9.00 Å². The monoisotopic (exact) mass is 537 g/mol. The predicted molar refractivity (Wildman–Crippen MR) is 143 cm³/mol. The number of unbranched alkanes of at least 4 members (excludes halogenated alkanes) is 1. The lowest BCUT2D eigenvalue weighted by Crippen LogP contribution is -2.46. The van der Waals surface area contributed by atoms with Crippen LogP contribution >= 0.6 is 11.6 Å². The van der Waals surface area contributed by atoms with Gasteiger partial charge in [-0.25, -0.2) is 18.9 Å². The van der Waals surface area contributed by atoms with Crippen LogP contribution in [-0.4, -0.2) is 77.3 Å². The minimum atomic E-state index is -2.63. The van der Waals surface area contributed by atoms with Gasteiger partial charge in [-0.3, -0.25) is 4.79 Å². The summed E-state index contributed by atoms with van der Waals surface area (Å²) in [6, 6.07) is 8.90. The third-order valence-electron chi connectivity index (χ3n) is 5.34. The summed E-state index contributed by atoms with van der Waals surface area (Å²) < 4.78 is 22.1. The molecule has 11 nitrogen and oxygen atoms in total. The molecule has 0 saturated carbocycles. The molecule has 13 heteroatoms. The molecule has 0 aliphatic heterocycles. The first-order valence-corrected chi connectivity index (χ1v) is 13.5. The van der Waals surface area contributed by atoms with Gasteiger partial charge in [-0.2, -0.15) is 5.26 Å². The number of quaternary nitrogens is 1. The smallest absolute Gasteiger partial charge is 0.273 e. The SMILES string of the molecule is C=S(=O)(NCCCC[N+](C)(C)CCNC(=O)c1nc(Cl)c(N)nc1N)c1ccc(OCCC#N)cc1. The molecule has 36 heavy (non-hydrogen) atoms. The van der Waals surface area contributed by atoms with Gasteiger partial charge >= 0.3 is 0 Å². The number of rotatable bonds is 14. The van der Waals surface area contributed by atoms with Gasteiger partial charge in [0.2, 0.25) is 0 Å². The zero-order valence-electron chi connectivity index (χ0n) is 20.6. The van der Waals surface area contributed by atoms with Crippen LogP contribution in [-0.2, 0) is 9.71 Å². The standard InChI is InChI=1S/C23H33ClN8O3S/c1-32(2,15-13-28-23(33)19-21(26)31-22(27)20(24)30-19)14-5-4-12-29-36(3,34)18-9-7-17(8-10-18)35-16-6-11-25/h7-10H,3-6,12-16H2,1-2H3,(H5-,26,27,28,29,31,33,34)/p+1. The minimum Gasteiger partial charge on any atom is -0.493 e. The van der Waals surface area contributed by atoms with Crippen molar-refractivity contribution < 1.29 is 18.2 Å². The zero-order valence-corrected chi connectivity index (χ0v) is 22.2. The van der Waals surface area contributed by atoms with E-state index in [4.69, 9.17) is 33.1 Å². The van der Waals surface area contributed by atoms with Crippen molar-refractivity contribution in [2.75, 3.05) is 58.3 Å². The van der Waals surface area contributed by atoms with Crippen LogP contribution in [0.1, 0.15) is 29.8 Å². The molecule has 2 rings (SSSR count). The van der Waals surface area contributed by atoms with Crippen molar-refractivity contribution in [3.8, 4) is 11.8 Å². The number of ether oxygens (including phenoxy) is 1. The van der Waals surface area contributed by atoms with Crippen molar-refractivity contribution in [3.63, 3.8) is 0 Å². The lowest BCUT2D eigenvalue weighted by molar-refractivity contribution is -0.889. The van der Waals surface area contributed by atoms with Gasteiger partial charge in [0.15, 0.2) is 22.5 Å². The summed E-state index contributed by atoms with van der Waals surface area (Å²) in [6.07, 6.45) is 2.01. The number of nitrogens with one attached hydrogen (secondary N) is 2. The van der Waals surface area contributed by atoms with Gasteiger partial charge in [0.1, 0.15) is 12.4 Å². The summed E-state index contributed by atoms with van der Waals surface area (Å²) in [5.41, 5.74) is 11.2. The quantitative estimate of drug-likeness (QED) is 0.159. The molecule has 1 aromatic heterocycles. The van der Waals surface area contributed by atoms with Crippen molar-refractivity contribution in [1.29, 1.82) is 5.26 Å². The Hall–Kier alpha value is -3.11. The van der Waals surface area contributed by atoms with Crippen LogP contribution in [0.5, 0.6) is 5.75 Å². The third kappa shape index (κ3) is 9.16. The second-order valence-electron chi connectivity index (χ2n) is 8.78. The molecule has 1 unspecified atom stereocenters. The van der Waals surface area contributed by atoms with Crippen LogP contribution in [0.2, 0.25) is 5.15 Å². The lowest BCUT2D eigenvalue weighted by atomic mass is 10.2. The van der Waals surface area contributed by atoms with Crippen LogP contribution in [0, 0.1) is 11.3 Å². The Labute approximate surface area is 217 Å². The summed E-state index contributed by atoms with van der Waals surface area (Å²) in [4.78, 5) is 20.6. The topological polar surface area (TPSA) is 169 Å². The summed E-state index contributed by atoms with van der Waals surface area (Å²) in [7, 11) is 1.51. The number of nitrogens with zero attached hydrogens (tertiary/aromatic N) is 4. The Morgan fingerprint density at radius 2 is 1.86 bits per heavy atom. The van der Waals surface area contributed by atoms with E-state index in [1.54, 1.807) is 24.3 Å². The first kappa shape index (κ1) is 29.1. The second kappa shape index (κ2) is 13.3. The van der Waals surface area contributed by atoms with Crippen molar-refractivity contribution >= 4 is 44.7 Å². The van der Waals surface area contributed by atoms with Gasteiger partial charge in [-0.05, 0) is 43.0 Å². The van der Waals surface area contributed by atoms with E-state index in [-0.39, 0.29) is 22.5 Å². The zero-order chi connectivity index (χ0) is 26.8. The Kier molecular flexibility index (Phi) is 10.7. The Bertz CT molecular complexity index is 1180. The number of likely N-dealkylation sites (N-methyl/N-ethyl adjacent to an activating group) is 1. The normalized spacial score (nSPS) is 12.9. The molecule has 0 aliphatic carbocycles. The Morgan fingerprint density at radius 1 is 1.17 bits per heavy atom. The van der Waals surface area contributed by atoms with E-state index in [1.807, 2.05) is 6.07 Å². The molecule has 1 atom stereocenters. The number of aromatic nitrogens is 2. The summed E-state index contributed by atoms with van der Waals surface area (Å²) in [6.45, 7) is 2.83. The van der Waals surface area contributed by atoms with Crippen molar-refractivity contribution in [3.05, 3.63) is 35.1 Å². The molecule has 0 aliphatic rings. The van der Waals surface area contributed by atoms with Crippen LogP contribution in [0.15, 0.2) is 29.2 Å². The van der Waals surface area contributed by atoms with E-state index in [2.05, 4.69) is 40.0 Å². The van der Waals surface area contributed by atoms with Crippen molar-refractivity contribution in [2.24, 2.45) is 0 Å². The molecule has 1 heterocycles. The highest BCUT2D eigenvalue weighted by Gasteiger charge is 2.19. The third-order valence-corrected chi connectivity index (χ3v) is 7.32. The van der Waals surface area contributed by atoms with E-state index in [0.29, 0.717) is 47.8 Å². The van der Waals surface area contributed by atoms with Crippen LogP contribution in [0.4, 0.5) is 11.6 Å². The number of nitriles is 1. The number of carbonyl (C=O) groups is 1. The average molecular weight is 538 g/mol. The van der Waals surface area contributed by atoms with Gasteiger partial charge < -0.3 is 26.0 Å². The summed E-state index contributed by atoms with van der Waals surface area (Å²) in [5, 5.41) is 11.3. The number of halogens is 1. The lowest BCUT2D eigenvalue weighted by Gasteiger charge is -2.30. The average Bonchev–Trinajstić information content (AvgIpc) is 2.81. The van der Waals surface area contributed by atoms with Gasteiger partial charge in [0.25, 0.3) is 5.91 Å². The molecular formula is C23H34ClN8O3S+. The van der Waals surface area contributed by atoms with Crippen molar-refractivity contribution in [1.82, 2.24) is 20.0 Å². The maximum atomic E-state index is 12.9. The fourth-order valence-corrected chi connectivity index (χ4v) is 4.57. The minimum absolute atomic E-state index is 0.0246. The first-order valence-electron chi connectivity index (χ1n) is 11.4. The Morgan fingerprint density at radius 3 is 2.53 bits per heavy atom. The molecule has 0 spiro atoms. The maximum absolute atomic E-state index is 12.9. The van der Waals surface area contributed by atoms with Crippen LogP contribution in [0.25, 0.3) is 0 Å². The first-order chi connectivity index (χ1) is 16.9. The molecule has 0 radical (unpaired) electrons.